The first kappa shape index (κ1) is 11.0. The molecule has 0 aliphatic carbocycles. The van der Waals surface area contributed by atoms with Gasteiger partial charge in [0.2, 0.25) is 0 Å². The van der Waals surface area contributed by atoms with Crippen LogP contribution in [0.25, 0.3) is 0 Å². The van der Waals surface area contributed by atoms with Gasteiger partial charge < -0.3 is 0 Å². The first-order valence-corrected chi connectivity index (χ1v) is 6.10. The van der Waals surface area contributed by atoms with Crippen LogP contribution < -0.4 is 0 Å². The van der Waals surface area contributed by atoms with Crippen molar-refractivity contribution in [3.63, 3.8) is 0 Å². The van der Waals surface area contributed by atoms with Gasteiger partial charge in [-0.2, -0.15) is 5.11 Å². The van der Waals surface area contributed by atoms with Gasteiger partial charge in [-0.3, -0.25) is 5.01 Å². The van der Waals surface area contributed by atoms with Crippen LogP contribution in [0.3, 0.4) is 0 Å². The number of benzene rings is 2. The highest BCUT2D eigenvalue weighted by Gasteiger charge is 2.32. The SMILES string of the molecule is CN1N=NC(c2ccccc2)C1c1ccccc1. The van der Waals surface area contributed by atoms with E-state index in [-0.39, 0.29) is 12.1 Å². The molecular formula is C15H15N3. The maximum absolute atomic E-state index is 4.40. The van der Waals surface area contributed by atoms with Gasteiger partial charge in [0.1, 0.15) is 12.1 Å². The average Bonchev–Trinajstić information content (AvgIpc) is 2.83. The normalized spacial score (nSPS) is 22.4. The molecule has 3 heteroatoms. The molecule has 3 nitrogen and oxygen atoms in total. The predicted octanol–water partition coefficient (Wildman–Crippen LogP) is 3.78. The van der Waals surface area contributed by atoms with Crippen molar-refractivity contribution in [2.45, 2.75) is 12.1 Å². The van der Waals surface area contributed by atoms with E-state index in [0.29, 0.717) is 0 Å². The molecule has 0 aromatic heterocycles. The molecule has 2 aromatic carbocycles. The molecule has 0 saturated heterocycles. The lowest BCUT2D eigenvalue weighted by molar-refractivity contribution is 0.274. The van der Waals surface area contributed by atoms with Crippen molar-refractivity contribution in [3.05, 3.63) is 71.8 Å². The van der Waals surface area contributed by atoms with Gasteiger partial charge in [0, 0.05) is 7.05 Å². The Morgan fingerprint density at radius 1 is 0.833 bits per heavy atom. The van der Waals surface area contributed by atoms with Crippen molar-refractivity contribution in [1.29, 1.82) is 0 Å². The summed E-state index contributed by atoms with van der Waals surface area (Å²) in [6, 6.07) is 21.0. The summed E-state index contributed by atoms with van der Waals surface area (Å²) in [6.45, 7) is 0. The molecule has 0 fully saturated rings. The summed E-state index contributed by atoms with van der Waals surface area (Å²) in [5.41, 5.74) is 2.46. The first-order chi connectivity index (χ1) is 8.86. The molecule has 0 spiro atoms. The van der Waals surface area contributed by atoms with Crippen LogP contribution in [0.5, 0.6) is 0 Å². The predicted molar refractivity (Wildman–Crippen MR) is 71.0 cm³/mol. The maximum Gasteiger partial charge on any atom is 0.124 e. The highest BCUT2D eigenvalue weighted by atomic mass is 15.6. The third kappa shape index (κ3) is 1.88. The molecule has 0 N–H and O–H groups in total. The molecule has 0 radical (unpaired) electrons. The summed E-state index contributed by atoms with van der Waals surface area (Å²) in [7, 11) is 1.98. The van der Waals surface area contributed by atoms with Gasteiger partial charge in [-0.25, -0.2) is 0 Å². The minimum absolute atomic E-state index is 0.0820. The van der Waals surface area contributed by atoms with Gasteiger partial charge in [0.15, 0.2) is 0 Å². The van der Waals surface area contributed by atoms with Gasteiger partial charge in [-0.1, -0.05) is 65.9 Å². The van der Waals surface area contributed by atoms with Gasteiger partial charge in [0.25, 0.3) is 0 Å². The zero-order valence-corrected chi connectivity index (χ0v) is 10.3. The number of rotatable bonds is 2. The summed E-state index contributed by atoms with van der Waals surface area (Å²) < 4.78 is 0. The van der Waals surface area contributed by atoms with Crippen LogP contribution >= 0.6 is 0 Å². The van der Waals surface area contributed by atoms with Crippen LogP contribution in [0.2, 0.25) is 0 Å². The topological polar surface area (TPSA) is 28.0 Å². The lowest BCUT2D eigenvalue weighted by atomic mass is 9.94. The fourth-order valence-corrected chi connectivity index (χ4v) is 2.41. The van der Waals surface area contributed by atoms with E-state index in [4.69, 9.17) is 0 Å². The summed E-state index contributed by atoms with van der Waals surface area (Å²) in [5.74, 6) is 0. The van der Waals surface area contributed by atoms with Crippen molar-refractivity contribution in [2.24, 2.45) is 10.3 Å². The van der Waals surface area contributed by atoms with Gasteiger partial charge >= 0.3 is 0 Å². The van der Waals surface area contributed by atoms with E-state index in [1.54, 1.807) is 0 Å². The van der Waals surface area contributed by atoms with E-state index in [1.165, 1.54) is 11.1 Å². The van der Waals surface area contributed by atoms with E-state index in [2.05, 4.69) is 46.7 Å². The smallest absolute Gasteiger partial charge is 0.124 e. The van der Waals surface area contributed by atoms with Crippen LogP contribution in [0, 0.1) is 0 Å². The van der Waals surface area contributed by atoms with E-state index >= 15 is 0 Å². The molecule has 1 aliphatic heterocycles. The summed E-state index contributed by atoms with van der Waals surface area (Å²) in [6.07, 6.45) is 0. The maximum atomic E-state index is 4.40. The molecule has 0 bridgehead atoms. The standard InChI is InChI=1S/C15H15N3/c1-18-15(13-10-6-3-7-11-13)14(16-17-18)12-8-4-2-5-9-12/h2-11,14-15H,1H3. The monoisotopic (exact) mass is 237 g/mol. The third-order valence-corrected chi connectivity index (χ3v) is 3.30. The minimum Gasteiger partial charge on any atom is -0.272 e. The highest BCUT2D eigenvalue weighted by molar-refractivity contribution is 5.28. The Morgan fingerprint density at radius 2 is 1.39 bits per heavy atom. The zero-order valence-electron chi connectivity index (χ0n) is 10.3. The van der Waals surface area contributed by atoms with Crippen LogP contribution in [0.15, 0.2) is 71.0 Å². The van der Waals surface area contributed by atoms with E-state index < -0.39 is 0 Å². The number of nitrogens with zero attached hydrogens (tertiary/aromatic N) is 3. The Morgan fingerprint density at radius 3 is 2.00 bits per heavy atom. The zero-order chi connectivity index (χ0) is 12.4. The van der Waals surface area contributed by atoms with Crippen molar-refractivity contribution >= 4 is 0 Å². The molecule has 3 rings (SSSR count). The minimum atomic E-state index is 0.0820. The van der Waals surface area contributed by atoms with Crippen LogP contribution in [0.4, 0.5) is 0 Å². The molecule has 1 heterocycles. The Hall–Kier alpha value is -2.16. The second-order valence-corrected chi connectivity index (χ2v) is 4.49. The Bertz CT molecular complexity index is 536. The summed E-state index contributed by atoms with van der Waals surface area (Å²) in [4.78, 5) is 0. The van der Waals surface area contributed by atoms with Crippen molar-refractivity contribution in [1.82, 2.24) is 5.01 Å². The van der Waals surface area contributed by atoms with E-state index in [1.807, 2.05) is 36.3 Å². The highest BCUT2D eigenvalue weighted by Crippen LogP contribution is 2.40. The number of hydrogen-bond acceptors (Lipinski definition) is 3. The second kappa shape index (κ2) is 4.61. The number of likely N-dealkylation sites (N-methyl/N-ethyl adjacent to an activating group) is 1. The van der Waals surface area contributed by atoms with Crippen LogP contribution in [0.1, 0.15) is 23.2 Å². The lowest BCUT2D eigenvalue weighted by Crippen LogP contribution is -2.19. The summed E-state index contributed by atoms with van der Waals surface area (Å²) in [5, 5.41) is 10.5. The van der Waals surface area contributed by atoms with E-state index in [0.717, 1.165) is 0 Å². The molecule has 18 heavy (non-hydrogen) atoms. The number of hydrogen-bond donors (Lipinski definition) is 0. The molecular weight excluding hydrogens is 222 g/mol. The Kier molecular flexibility index (Phi) is 2.81. The molecule has 2 atom stereocenters. The van der Waals surface area contributed by atoms with Gasteiger partial charge in [0.05, 0.1) is 0 Å². The Labute approximate surface area is 107 Å². The van der Waals surface area contributed by atoms with E-state index in [9.17, 15) is 0 Å². The molecule has 90 valence electrons. The lowest BCUT2D eigenvalue weighted by Gasteiger charge is -2.23. The molecule has 2 aromatic rings. The van der Waals surface area contributed by atoms with Crippen molar-refractivity contribution in [2.75, 3.05) is 7.05 Å². The van der Waals surface area contributed by atoms with Gasteiger partial charge in [-0.15, -0.1) is 0 Å². The largest absolute Gasteiger partial charge is 0.272 e. The Balaban J connectivity index is 1.98. The molecule has 0 amide bonds. The van der Waals surface area contributed by atoms with Gasteiger partial charge in [-0.05, 0) is 11.1 Å². The fraction of sp³-hybridized carbons (Fsp3) is 0.200. The first-order valence-electron chi connectivity index (χ1n) is 6.10. The average molecular weight is 237 g/mol. The summed E-state index contributed by atoms with van der Waals surface area (Å²) >= 11 is 0. The van der Waals surface area contributed by atoms with Crippen molar-refractivity contribution < 1.29 is 0 Å². The molecule has 0 saturated carbocycles. The molecule has 1 aliphatic rings. The fourth-order valence-electron chi connectivity index (χ4n) is 2.41. The quantitative estimate of drug-likeness (QED) is 0.781. The van der Waals surface area contributed by atoms with Crippen LogP contribution in [-0.4, -0.2) is 12.1 Å². The van der Waals surface area contributed by atoms with Crippen LogP contribution in [-0.2, 0) is 0 Å². The second-order valence-electron chi connectivity index (χ2n) is 4.49. The molecule has 2 unspecified atom stereocenters. The third-order valence-electron chi connectivity index (χ3n) is 3.30. The van der Waals surface area contributed by atoms with Crippen molar-refractivity contribution in [3.8, 4) is 0 Å².